The zero-order valence-electron chi connectivity index (χ0n) is 14.1. The van der Waals surface area contributed by atoms with Crippen LogP contribution in [0.25, 0.3) is 0 Å². The molecule has 1 atom stereocenters. The molecule has 0 bridgehead atoms. The number of hydrogen-bond donors (Lipinski definition) is 1. The number of hydrogen-bond acceptors (Lipinski definition) is 4. The van der Waals surface area contributed by atoms with Gasteiger partial charge in [-0.2, -0.15) is 0 Å². The van der Waals surface area contributed by atoms with Crippen molar-refractivity contribution in [2.45, 2.75) is 50.6 Å². The van der Waals surface area contributed by atoms with Gasteiger partial charge in [0.25, 0.3) is 0 Å². The van der Waals surface area contributed by atoms with E-state index in [1.165, 1.54) is 12.0 Å². The minimum atomic E-state index is -0.602. The van der Waals surface area contributed by atoms with Gasteiger partial charge in [-0.1, -0.05) is 25.3 Å². The Bertz CT molecular complexity index is 519. The van der Waals surface area contributed by atoms with Gasteiger partial charge < -0.3 is 10.6 Å². The van der Waals surface area contributed by atoms with Crippen molar-refractivity contribution in [2.75, 3.05) is 26.2 Å². The molecular weight excluding hydrogens is 288 g/mol. The van der Waals surface area contributed by atoms with Crippen molar-refractivity contribution >= 4 is 5.91 Å². The summed E-state index contributed by atoms with van der Waals surface area (Å²) in [6.07, 6.45) is 8.80. The van der Waals surface area contributed by atoms with Gasteiger partial charge in [0.15, 0.2) is 0 Å². The van der Waals surface area contributed by atoms with E-state index in [0.29, 0.717) is 6.04 Å². The number of nitrogens with zero attached hydrogens (tertiary/aromatic N) is 3. The molecule has 1 unspecified atom stereocenters. The van der Waals surface area contributed by atoms with Gasteiger partial charge in [0.2, 0.25) is 5.91 Å². The van der Waals surface area contributed by atoms with Gasteiger partial charge >= 0.3 is 0 Å². The van der Waals surface area contributed by atoms with Crippen LogP contribution in [-0.2, 0) is 4.79 Å². The predicted octanol–water partition coefficient (Wildman–Crippen LogP) is 1.95. The average molecular weight is 316 g/mol. The van der Waals surface area contributed by atoms with Gasteiger partial charge in [0, 0.05) is 44.6 Å². The largest absolute Gasteiger partial charge is 0.339 e. The Kier molecular flexibility index (Phi) is 4.97. The molecular formula is C18H28N4O. The first-order valence-corrected chi connectivity index (χ1v) is 8.82. The summed E-state index contributed by atoms with van der Waals surface area (Å²) in [5.74, 6) is 0.172. The number of amides is 1. The highest BCUT2D eigenvalue weighted by molar-refractivity contribution is 5.86. The topological polar surface area (TPSA) is 62.5 Å². The molecule has 23 heavy (non-hydrogen) atoms. The number of pyridine rings is 1. The van der Waals surface area contributed by atoms with Crippen LogP contribution in [0.15, 0.2) is 24.5 Å². The third kappa shape index (κ3) is 3.56. The normalized spacial score (nSPS) is 23.5. The molecule has 5 heteroatoms. The second-order valence-corrected chi connectivity index (χ2v) is 7.01. The zero-order chi connectivity index (χ0) is 16.3. The Hall–Kier alpha value is -1.46. The average Bonchev–Trinajstić information content (AvgIpc) is 2.62. The summed E-state index contributed by atoms with van der Waals surface area (Å²) in [5.41, 5.74) is 7.04. The molecule has 2 N–H and O–H groups in total. The van der Waals surface area contributed by atoms with E-state index in [2.05, 4.69) is 22.9 Å². The third-order valence-electron chi connectivity index (χ3n) is 5.49. The molecule has 3 rings (SSSR count). The van der Waals surface area contributed by atoms with Crippen molar-refractivity contribution < 1.29 is 4.79 Å². The minimum Gasteiger partial charge on any atom is -0.339 e. The molecule has 1 aliphatic carbocycles. The summed E-state index contributed by atoms with van der Waals surface area (Å²) < 4.78 is 0. The molecule has 1 aliphatic heterocycles. The molecule has 2 heterocycles. The van der Waals surface area contributed by atoms with Crippen LogP contribution in [0.1, 0.15) is 50.6 Å². The van der Waals surface area contributed by atoms with Crippen molar-refractivity contribution in [3.05, 3.63) is 30.1 Å². The highest BCUT2D eigenvalue weighted by Crippen LogP contribution is 2.29. The van der Waals surface area contributed by atoms with Crippen LogP contribution in [0.3, 0.4) is 0 Å². The van der Waals surface area contributed by atoms with Gasteiger partial charge in [-0.05, 0) is 31.4 Å². The van der Waals surface area contributed by atoms with Crippen molar-refractivity contribution in [1.29, 1.82) is 0 Å². The van der Waals surface area contributed by atoms with Gasteiger partial charge in [0.05, 0.1) is 5.54 Å². The molecule has 1 amide bonds. The fraction of sp³-hybridized carbons (Fsp3) is 0.667. The van der Waals surface area contributed by atoms with Crippen molar-refractivity contribution in [3.63, 3.8) is 0 Å². The van der Waals surface area contributed by atoms with Crippen molar-refractivity contribution in [2.24, 2.45) is 5.73 Å². The zero-order valence-corrected chi connectivity index (χ0v) is 14.1. The maximum atomic E-state index is 12.8. The molecule has 2 aliphatic rings. The maximum Gasteiger partial charge on any atom is 0.242 e. The van der Waals surface area contributed by atoms with E-state index < -0.39 is 5.54 Å². The van der Waals surface area contributed by atoms with Crippen molar-refractivity contribution in [3.8, 4) is 0 Å². The SMILES string of the molecule is CC(c1cccnc1)N1CCN(C(=O)C2(N)CCCCC2)CC1. The van der Waals surface area contributed by atoms with E-state index in [4.69, 9.17) is 5.73 Å². The Balaban J connectivity index is 1.57. The van der Waals surface area contributed by atoms with Crippen LogP contribution >= 0.6 is 0 Å². The number of carbonyl (C=O) groups is 1. The van der Waals surface area contributed by atoms with Crippen LogP contribution in [0.4, 0.5) is 0 Å². The quantitative estimate of drug-likeness (QED) is 0.926. The molecule has 5 nitrogen and oxygen atoms in total. The molecule has 0 spiro atoms. The minimum absolute atomic E-state index is 0.172. The first kappa shape index (κ1) is 16.4. The van der Waals surface area contributed by atoms with Crippen LogP contribution in [0, 0.1) is 0 Å². The van der Waals surface area contributed by atoms with Gasteiger partial charge in [-0.15, -0.1) is 0 Å². The summed E-state index contributed by atoms with van der Waals surface area (Å²) in [4.78, 5) is 21.4. The predicted molar refractivity (Wildman–Crippen MR) is 90.8 cm³/mol. The van der Waals surface area contributed by atoms with Crippen molar-refractivity contribution in [1.82, 2.24) is 14.8 Å². The Labute approximate surface area is 138 Å². The summed E-state index contributed by atoms with van der Waals surface area (Å²) in [5, 5.41) is 0. The lowest BCUT2D eigenvalue weighted by molar-refractivity contribution is -0.140. The van der Waals surface area contributed by atoms with Gasteiger partial charge in [0.1, 0.15) is 0 Å². The lowest BCUT2D eigenvalue weighted by Gasteiger charge is -2.42. The molecule has 0 radical (unpaired) electrons. The summed E-state index contributed by atoms with van der Waals surface area (Å²) >= 11 is 0. The highest BCUT2D eigenvalue weighted by atomic mass is 16.2. The first-order chi connectivity index (χ1) is 11.1. The molecule has 0 aromatic carbocycles. The monoisotopic (exact) mass is 316 g/mol. The lowest BCUT2D eigenvalue weighted by Crippen LogP contribution is -2.60. The maximum absolute atomic E-state index is 12.8. The Morgan fingerprint density at radius 3 is 2.52 bits per heavy atom. The molecule has 1 aromatic heterocycles. The Morgan fingerprint density at radius 1 is 1.22 bits per heavy atom. The molecule has 126 valence electrons. The summed E-state index contributed by atoms with van der Waals surface area (Å²) in [6, 6.07) is 4.43. The molecule has 2 fully saturated rings. The lowest BCUT2D eigenvalue weighted by atomic mass is 9.81. The van der Waals surface area contributed by atoms with E-state index in [1.54, 1.807) is 6.20 Å². The molecule has 1 aromatic rings. The summed E-state index contributed by atoms with van der Waals surface area (Å²) in [7, 11) is 0. The number of carbonyl (C=O) groups excluding carboxylic acids is 1. The van der Waals surface area contributed by atoms with E-state index >= 15 is 0 Å². The fourth-order valence-electron chi connectivity index (χ4n) is 3.86. The second-order valence-electron chi connectivity index (χ2n) is 7.01. The van der Waals surface area contributed by atoms with Crippen LogP contribution in [-0.4, -0.2) is 52.4 Å². The molecule has 1 saturated carbocycles. The number of rotatable bonds is 3. The van der Waals surface area contributed by atoms with E-state index in [9.17, 15) is 4.79 Å². The first-order valence-electron chi connectivity index (χ1n) is 8.82. The van der Waals surface area contributed by atoms with Crippen LogP contribution < -0.4 is 5.73 Å². The number of piperazine rings is 1. The smallest absolute Gasteiger partial charge is 0.242 e. The second kappa shape index (κ2) is 6.97. The third-order valence-corrected chi connectivity index (χ3v) is 5.49. The van der Waals surface area contributed by atoms with Gasteiger partial charge in [-0.3, -0.25) is 14.7 Å². The molecule has 1 saturated heterocycles. The van der Waals surface area contributed by atoms with E-state index in [-0.39, 0.29) is 5.91 Å². The van der Waals surface area contributed by atoms with E-state index in [1.807, 2.05) is 17.2 Å². The standard InChI is InChI=1S/C18H28N4O/c1-15(16-6-5-9-20-14-16)21-10-12-22(13-11-21)17(23)18(19)7-3-2-4-8-18/h5-6,9,14-15H,2-4,7-8,10-13,19H2,1H3. The number of nitrogens with two attached hydrogens (primary N) is 1. The summed E-state index contributed by atoms with van der Waals surface area (Å²) in [6.45, 7) is 5.57. The van der Waals surface area contributed by atoms with Gasteiger partial charge in [-0.25, -0.2) is 0 Å². The fourth-order valence-corrected chi connectivity index (χ4v) is 3.86. The Morgan fingerprint density at radius 2 is 1.91 bits per heavy atom. The highest BCUT2D eigenvalue weighted by Gasteiger charge is 2.39. The van der Waals surface area contributed by atoms with Crippen LogP contribution in [0.2, 0.25) is 0 Å². The van der Waals surface area contributed by atoms with E-state index in [0.717, 1.165) is 51.9 Å². The van der Waals surface area contributed by atoms with Crippen LogP contribution in [0.5, 0.6) is 0 Å². The number of aromatic nitrogens is 1.